The number of nitrogens with zero attached hydrogens (tertiary/aromatic N) is 2. The number of anilines is 1. The van der Waals surface area contributed by atoms with Crippen molar-refractivity contribution in [2.75, 3.05) is 11.9 Å². The highest BCUT2D eigenvalue weighted by molar-refractivity contribution is 7.14. The lowest BCUT2D eigenvalue weighted by Crippen LogP contribution is -2.12. The molecule has 0 aliphatic heterocycles. The largest absolute Gasteiger partial charge is 0.487 e. The molecule has 0 radical (unpaired) electrons. The van der Waals surface area contributed by atoms with Crippen LogP contribution in [0.2, 0.25) is 0 Å². The molecule has 3 aromatic rings. The molecule has 27 heavy (non-hydrogen) atoms. The molecule has 0 aliphatic carbocycles. The summed E-state index contributed by atoms with van der Waals surface area (Å²) in [7, 11) is 0. The van der Waals surface area contributed by atoms with E-state index in [4.69, 9.17) is 4.74 Å². The van der Waals surface area contributed by atoms with Crippen LogP contribution in [0.5, 0.6) is 5.75 Å². The van der Waals surface area contributed by atoms with Gasteiger partial charge in [0.1, 0.15) is 0 Å². The highest BCUT2D eigenvalue weighted by Gasteiger charge is 2.19. The number of nitro groups is 1. The molecule has 0 unspecified atom stereocenters. The van der Waals surface area contributed by atoms with Gasteiger partial charge in [-0.2, -0.15) is 0 Å². The van der Waals surface area contributed by atoms with Crippen LogP contribution in [-0.4, -0.2) is 22.4 Å². The van der Waals surface area contributed by atoms with Crippen LogP contribution >= 0.6 is 11.3 Å². The number of ether oxygens (including phenoxy) is 1. The topological polar surface area (TPSA) is 94.4 Å². The predicted molar refractivity (Wildman–Crippen MR) is 105 cm³/mol. The molecule has 0 bridgehead atoms. The maximum absolute atomic E-state index is 12.4. The maximum atomic E-state index is 12.4. The van der Waals surface area contributed by atoms with Crippen molar-refractivity contribution in [2.24, 2.45) is 0 Å². The Morgan fingerprint density at radius 2 is 2.00 bits per heavy atom. The second-order valence-corrected chi connectivity index (χ2v) is 6.59. The number of amides is 1. The van der Waals surface area contributed by atoms with Crippen LogP contribution in [-0.2, 0) is 0 Å². The predicted octanol–water partition coefficient (Wildman–Crippen LogP) is 4.68. The first-order valence-electron chi connectivity index (χ1n) is 8.23. The van der Waals surface area contributed by atoms with Crippen LogP contribution in [0, 0.1) is 17.0 Å². The van der Waals surface area contributed by atoms with Crippen molar-refractivity contribution in [2.45, 2.75) is 13.8 Å². The van der Waals surface area contributed by atoms with E-state index in [1.54, 1.807) is 6.92 Å². The fraction of sp³-hybridized carbons (Fsp3) is 0.158. The number of nitro benzene ring substituents is 1. The summed E-state index contributed by atoms with van der Waals surface area (Å²) in [6, 6.07) is 12.0. The molecule has 3 rings (SSSR count). The molecule has 1 heterocycles. The number of thiazole rings is 1. The zero-order chi connectivity index (χ0) is 19.4. The minimum Gasteiger partial charge on any atom is -0.487 e. The van der Waals surface area contributed by atoms with Gasteiger partial charge in [-0.15, -0.1) is 11.3 Å². The van der Waals surface area contributed by atoms with Gasteiger partial charge in [0.25, 0.3) is 5.91 Å². The summed E-state index contributed by atoms with van der Waals surface area (Å²) in [6.45, 7) is 4.04. The maximum Gasteiger partial charge on any atom is 0.311 e. The Morgan fingerprint density at radius 1 is 1.26 bits per heavy atom. The van der Waals surface area contributed by atoms with Crippen LogP contribution in [0.4, 0.5) is 10.8 Å². The standard InChI is InChI=1S/C19H17N3O4S/c1-3-26-17-9-8-14(10-16(17)22(24)25)18(23)21-19-20-15(11-27-19)13-6-4-12(2)5-7-13/h4-11H,3H2,1-2H3,(H,20,21,23). The van der Waals surface area contributed by atoms with Crippen LogP contribution < -0.4 is 10.1 Å². The van der Waals surface area contributed by atoms with Gasteiger partial charge in [-0.25, -0.2) is 4.98 Å². The first-order chi connectivity index (χ1) is 13.0. The van der Waals surface area contributed by atoms with Crippen molar-refractivity contribution in [1.82, 2.24) is 4.98 Å². The summed E-state index contributed by atoms with van der Waals surface area (Å²) in [6.07, 6.45) is 0. The van der Waals surface area contributed by atoms with E-state index in [1.807, 2.05) is 36.6 Å². The molecule has 1 aromatic heterocycles. The third-order valence-corrected chi connectivity index (χ3v) is 4.55. The summed E-state index contributed by atoms with van der Waals surface area (Å²) >= 11 is 1.29. The van der Waals surface area contributed by atoms with E-state index in [9.17, 15) is 14.9 Å². The second kappa shape index (κ2) is 7.96. The molecule has 0 fully saturated rings. The number of hydrogen-bond acceptors (Lipinski definition) is 6. The molecule has 2 aromatic carbocycles. The van der Waals surface area contributed by atoms with E-state index in [2.05, 4.69) is 10.3 Å². The van der Waals surface area contributed by atoms with Gasteiger partial charge in [-0.1, -0.05) is 29.8 Å². The number of rotatable bonds is 6. The average molecular weight is 383 g/mol. The number of hydrogen-bond donors (Lipinski definition) is 1. The summed E-state index contributed by atoms with van der Waals surface area (Å²) < 4.78 is 5.23. The molecule has 0 saturated heterocycles. The van der Waals surface area contributed by atoms with E-state index < -0.39 is 10.8 Å². The van der Waals surface area contributed by atoms with E-state index in [0.717, 1.165) is 16.8 Å². The van der Waals surface area contributed by atoms with Crippen molar-refractivity contribution in [3.05, 3.63) is 69.1 Å². The molecule has 1 amide bonds. The average Bonchev–Trinajstić information content (AvgIpc) is 3.11. The highest BCUT2D eigenvalue weighted by Crippen LogP contribution is 2.29. The van der Waals surface area contributed by atoms with Crippen LogP contribution in [0.1, 0.15) is 22.8 Å². The zero-order valence-corrected chi connectivity index (χ0v) is 15.6. The summed E-state index contributed by atoms with van der Waals surface area (Å²) in [5, 5.41) is 16.2. The summed E-state index contributed by atoms with van der Waals surface area (Å²) in [5.41, 5.74) is 2.78. The normalized spacial score (nSPS) is 10.4. The Labute approximate surface area is 159 Å². The Kier molecular flexibility index (Phi) is 5.46. The SMILES string of the molecule is CCOc1ccc(C(=O)Nc2nc(-c3ccc(C)cc3)cs2)cc1[N+](=O)[O-]. The molecule has 7 nitrogen and oxygen atoms in total. The van der Waals surface area contributed by atoms with E-state index >= 15 is 0 Å². The quantitative estimate of drug-likeness (QED) is 0.493. The highest BCUT2D eigenvalue weighted by atomic mass is 32.1. The number of aromatic nitrogens is 1. The second-order valence-electron chi connectivity index (χ2n) is 5.73. The molecule has 0 aliphatic rings. The third-order valence-electron chi connectivity index (χ3n) is 3.79. The molecular formula is C19H17N3O4S. The Bertz CT molecular complexity index is 983. The van der Waals surface area contributed by atoms with E-state index in [1.165, 1.54) is 29.5 Å². The smallest absolute Gasteiger partial charge is 0.311 e. The van der Waals surface area contributed by atoms with Crippen LogP contribution in [0.15, 0.2) is 47.8 Å². The van der Waals surface area contributed by atoms with Gasteiger partial charge in [-0.05, 0) is 26.0 Å². The number of aryl methyl sites for hydroxylation is 1. The van der Waals surface area contributed by atoms with Crippen molar-refractivity contribution in [3.63, 3.8) is 0 Å². The monoisotopic (exact) mass is 383 g/mol. The van der Waals surface area contributed by atoms with Crippen molar-refractivity contribution in [1.29, 1.82) is 0 Å². The van der Waals surface area contributed by atoms with Crippen LogP contribution in [0.25, 0.3) is 11.3 Å². The van der Waals surface area contributed by atoms with Gasteiger partial charge in [0.2, 0.25) is 0 Å². The summed E-state index contributed by atoms with van der Waals surface area (Å²) in [5.74, 6) is -0.332. The molecule has 0 saturated carbocycles. The minimum absolute atomic E-state index is 0.134. The summed E-state index contributed by atoms with van der Waals surface area (Å²) in [4.78, 5) is 27.5. The first kappa shape index (κ1) is 18.5. The Morgan fingerprint density at radius 3 is 2.67 bits per heavy atom. The fourth-order valence-electron chi connectivity index (χ4n) is 2.44. The fourth-order valence-corrected chi connectivity index (χ4v) is 3.15. The van der Waals surface area contributed by atoms with E-state index in [-0.39, 0.29) is 17.0 Å². The molecular weight excluding hydrogens is 366 g/mol. The lowest BCUT2D eigenvalue weighted by molar-refractivity contribution is -0.385. The number of carbonyl (C=O) groups excluding carboxylic acids is 1. The lowest BCUT2D eigenvalue weighted by Gasteiger charge is -2.06. The Balaban J connectivity index is 1.78. The zero-order valence-electron chi connectivity index (χ0n) is 14.8. The molecule has 0 spiro atoms. The number of benzene rings is 2. The molecule has 1 N–H and O–H groups in total. The third kappa shape index (κ3) is 4.29. The number of nitrogens with one attached hydrogen (secondary N) is 1. The number of carbonyl (C=O) groups is 1. The van der Waals surface area contributed by atoms with Crippen LogP contribution in [0.3, 0.4) is 0 Å². The van der Waals surface area contributed by atoms with Gasteiger partial charge in [0, 0.05) is 22.6 Å². The Hall–Kier alpha value is -3.26. The van der Waals surface area contributed by atoms with Gasteiger partial charge < -0.3 is 4.74 Å². The molecule has 8 heteroatoms. The van der Waals surface area contributed by atoms with Gasteiger partial charge in [0.15, 0.2) is 10.9 Å². The van der Waals surface area contributed by atoms with Gasteiger partial charge in [-0.3, -0.25) is 20.2 Å². The van der Waals surface area contributed by atoms with Crippen molar-refractivity contribution >= 4 is 28.1 Å². The lowest BCUT2D eigenvalue weighted by atomic mass is 10.1. The van der Waals surface area contributed by atoms with Crippen molar-refractivity contribution in [3.8, 4) is 17.0 Å². The van der Waals surface area contributed by atoms with Gasteiger partial charge in [0.05, 0.1) is 17.2 Å². The van der Waals surface area contributed by atoms with Crippen molar-refractivity contribution < 1.29 is 14.5 Å². The molecule has 0 atom stereocenters. The minimum atomic E-state index is -0.569. The molecule has 138 valence electrons. The van der Waals surface area contributed by atoms with Gasteiger partial charge >= 0.3 is 5.69 Å². The first-order valence-corrected chi connectivity index (χ1v) is 9.11. The van der Waals surface area contributed by atoms with E-state index in [0.29, 0.717) is 11.7 Å².